The van der Waals surface area contributed by atoms with Crippen molar-refractivity contribution >= 4 is 39.1 Å². The summed E-state index contributed by atoms with van der Waals surface area (Å²) in [6, 6.07) is 18.8. The molecule has 0 saturated heterocycles. The number of amides is 2. The number of nitrogens with zero attached hydrogens (tertiary/aromatic N) is 2. The van der Waals surface area contributed by atoms with Crippen LogP contribution in [0.25, 0.3) is 0 Å². The first kappa shape index (κ1) is 29.6. The van der Waals surface area contributed by atoms with Crippen LogP contribution in [0.5, 0.6) is 0 Å². The molecule has 212 valence electrons. The van der Waals surface area contributed by atoms with Crippen molar-refractivity contribution in [1.82, 2.24) is 10.2 Å². The Hall–Kier alpha value is -3.43. The summed E-state index contributed by atoms with van der Waals surface area (Å²) >= 11 is 6.43. The van der Waals surface area contributed by atoms with Crippen molar-refractivity contribution in [2.75, 3.05) is 10.8 Å². The zero-order valence-corrected chi connectivity index (χ0v) is 23.9. The van der Waals surface area contributed by atoms with E-state index in [4.69, 9.17) is 11.6 Å². The summed E-state index contributed by atoms with van der Waals surface area (Å²) in [5.74, 6) is -1.41. The van der Waals surface area contributed by atoms with E-state index >= 15 is 0 Å². The minimum absolute atomic E-state index is 0.0116. The molecule has 10 heteroatoms. The van der Waals surface area contributed by atoms with Crippen LogP contribution in [0.15, 0.2) is 83.8 Å². The molecule has 0 spiro atoms. The van der Waals surface area contributed by atoms with Crippen LogP contribution in [-0.2, 0) is 26.2 Å². The van der Waals surface area contributed by atoms with Crippen LogP contribution in [0.1, 0.15) is 44.6 Å². The van der Waals surface area contributed by atoms with Gasteiger partial charge in [-0.3, -0.25) is 13.9 Å². The highest BCUT2D eigenvalue weighted by Crippen LogP contribution is 2.26. The van der Waals surface area contributed by atoms with Crippen LogP contribution in [0.2, 0.25) is 5.02 Å². The third-order valence-electron chi connectivity index (χ3n) is 7.11. The molecule has 2 amide bonds. The first-order valence-corrected chi connectivity index (χ1v) is 15.2. The molecule has 3 aromatic rings. The molecule has 3 aromatic carbocycles. The van der Waals surface area contributed by atoms with Crippen molar-refractivity contribution in [2.45, 2.75) is 62.6 Å². The zero-order chi connectivity index (χ0) is 28.7. The SMILES string of the molecule is CC[C@H](C(=O)NC1CCCC1)N(Cc1ccccc1Cl)C(=O)CN(c1ccc(F)cc1)S(=O)(=O)c1ccccc1. The second-order valence-electron chi connectivity index (χ2n) is 9.83. The highest BCUT2D eigenvalue weighted by atomic mass is 35.5. The molecule has 1 fully saturated rings. The van der Waals surface area contributed by atoms with Crippen LogP contribution in [0.4, 0.5) is 10.1 Å². The predicted octanol–water partition coefficient (Wildman–Crippen LogP) is 5.54. The highest BCUT2D eigenvalue weighted by Gasteiger charge is 2.34. The number of halogens is 2. The van der Waals surface area contributed by atoms with Gasteiger partial charge in [0, 0.05) is 17.6 Å². The number of hydrogen-bond donors (Lipinski definition) is 1. The summed E-state index contributed by atoms with van der Waals surface area (Å²) < 4.78 is 42.2. The molecule has 0 aromatic heterocycles. The normalized spacial score (nSPS) is 14.5. The molecule has 4 rings (SSSR count). The van der Waals surface area contributed by atoms with Gasteiger partial charge in [0.25, 0.3) is 10.0 Å². The average Bonchev–Trinajstić information content (AvgIpc) is 3.46. The van der Waals surface area contributed by atoms with E-state index in [9.17, 15) is 22.4 Å². The molecule has 0 bridgehead atoms. The van der Waals surface area contributed by atoms with Gasteiger partial charge < -0.3 is 10.2 Å². The molecule has 1 atom stereocenters. The number of rotatable bonds is 11. The standard InChI is InChI=1S/C30H33ClFN3O4S/c1-2-28(30(37)33-24-11-7-8-12-24)34(20-22-10-6-9-15-27(22)31)29(36)21-35(25-18-16-23(32)17-19-25)40(38,39)26-13-4-3-5-14-26/h3-6,9-10,13-19,24,28H,2,7-8,11-12,20-21H2,1H3,(H,33,37)/t28-/m1/s1. The number of carbonyl (C=O) groups excluding carboxylic acids is 2. The topological polar surface area (TPSA) is 86.8 Å². The van der Waals surface area contributed by atoms with Gasteiger partial charge in [0.1, 0.15) is 18.4 Å². The number of nitrogens with one attached hydrogen (secondary N) is 1. The van der Waals surface area contributed by atoms with Crippen molar-refractivity contribution < 1.29 is 22.4 Å². The third kappa shape index (κ3) is 7.01. The molecule has 0 heterocycles. The summed E-state index contributed by atoms with van der Waals surface area (Å²) in [7, 11) is -4.21. The molecule has 0 aliphatic heterocycles. The van der Waals surface area contributed by atoms with E-state index in [2.05, 4.69) is 5.32 Å². The largest absolute Gasteiger partial charge is 0.352 e. The van der Waals surface area contributed by atoms with E-state index in [1.54, 1.807) is 42.5 Å². The summed E-state index contributed by atoms with van der Waals surface area (Å²) in [6.07, 6.45) is 4.15. The maximum atomic E-state index is 14.1. The van der Waals surface area contributed by atoms with Crippen LogP contribution < -0.4 is 9.62 Å². The minimum Gasteiger partial charge on any atom is -0.352 e. The fraction of sp³-hybridized carbons (Fsp3) is 0.333. The lowest BCUT2D eigenvalue weighted by atomic mass is 10.1. The monoisotopic (exact) mass is 585 g/mol. The summed E-state index contributed by atoms with van der Waals surface area (Å²) in [5.41, 5.74) is 0.753. The van der Waals surface area contributed by atoms with Crippen molar-refractivity contribution in [1.29, 1.82) is 0 Å². The second kappa shape index (κ2) is 13.3. The van der Waals surface area contributed by atoms with Crippen molar-refractivity contribution in [3.8, 4) is 0 Å². The zero-order valence-electron chi connectivity index (χ0n) is 22.3. The first-order valence-electron chi connectivity index (χ1n) is 13.4. The third-order valence-corrected chi connectivity index (χ3v) is 9.27. The maximum absolute atomic E-state index is 14.1. The predicted molar refractivity (Wildman–Crippen MR) is 154 cm³/mol. The van der Waals surface area contributed by atoms with E-state index in [0.29, 0.717) is 17.0 Å². The van der Waals surface area contributed by atoms with Gasteiger partial charge in [-0.05, 0) is 67.3 Å². The van der Waals surface area contributed by atoms with Gasteiger partial charge in [0.15, 0.2) is 0 Å². The van der Waals surface area contributed by atoms with Crippen molar-refractivity contribution in [2.24, 2.45) is 0 Å². The maximum Gasteiger partial charge on any atom is 0.264 e. The number of sulfonamides is 1. The Morgan fingerprint density at radius 3 is 2.23 bits per heavy atom. The fourth-order valence-corrected chi connectivity index (χ4v) is 6.58. The van der Waals surface area contributed by atoms with Crippen LogP contribution in [0.3, 0.4) is 0 Å². The Morgan fingerprint density at radius 1 is 0.975 bits per heavy atom. The first-order chi connectivity index (χ1) is 19.2. The molecule has 1 saturated carbocycles. The molecule has 7 nitrogen and oxygen atoms in total. The Labute approximate surface area is 240 Å². The molecule has 0 unspecified atom stereocenters. The average molecular weight is 586 g/mol. The molecule has 40 heavy (non-hydrogen) atoms. The molecule has 1 aliphatic rings. The van der Waals surface area contributed by atoms with Crippen LogP contribution in [0, 0.1) is 5.82 Å². The lowest BCUT2D eigenvalue weighted by Gasteiger charge is -2.34. The van der Waals surface area contributed by atoms with Gasteiger partial charge >= 0.3 is 0 Å². The Bertz CT molecular complexity index is 1410. The number of carbonyl (C=O) groups is 2. The number of benzene rings is 3. The van der Waals surface area contributed by atoms with Gasteiger partial charge in [-0.25, -0.2) is 12.8 Å². The molecule has 1 aliphatic carbocycles. The smallest absolute Gasteiger partial charge is 0.264 e. The highest BCUT2D eigenvalue weighted by molar-refractivity contribution is 7.92. The summed E-state index contributed by atoms with van der Waals surface area (Å²) in [5, 5.41) is 3.50. The van der Waals surface area contributed by atoms with E-state index in [1.807, 2.05) is 6.92 Å². The summed E-state index contributed by atoms with van der Waals surface area (Å²) in [6.45, 7) is 1.22. The van der Waals surface area contributed by atoms with Crippen molar-refractivity contribution in [3.05, 3.63) is 95.3 Å². The van der Waals surface area contributed by atoms with Gasteiger partial charge in [0.05, 0.1) is 10.6 Å². The van der Waals surface area contributed by atoms with Gasteiger partial charge in [-0.1, -0.05) is 67.8 Å². The van der Waals surface area contributed by atoms with Gasteiger partial charge in [0.2, 0.25) is 11.8 Å². The van der Waals surface area contributed by atoms with E-state index < -0.39 is 34.3 Å². The van der Waals surface area contributed by atoms with Crippen LogP contribution in [-0.4, -0.2) is 43.8 Å². The number of anilines is 1. The molecule has 1 N–H and O–H groups in total. The fourth-order valence-electron chi connectivity index (χ4n) is 4.95. The van der Waals surface area contributed by atoms with E-state index in [0.717, 1.165) is 42.1 Å². The Balaban J connectivity index is 1.71. The number of hydrogen-bond acceptors (Lipinski definition) is 4. The van der Waals surface area contributed by atoms with Gasteiger partial charge in [-0.2, -0.15) is 0 Å². The minimum atomic E-state index is -4.21. The van der Waals surface area contributed by atoms with E-state index in [-0.39, 0.29) is 29.1 Å². The quantitative estimate of drug-likeness (QED) is 0.320. The molecular formula is C30H33ClFN3O4S. The Kier molecular flexibility index (Phi) is 9.81. The lowest BCUT2D eigenvalue weighted by Crippen LogP contribution is -2.53. The van der Waals surface area contributed by atoms with Crippen molar-refractivity contribution in [3.63, 3.8) is 0 Å². The van der Waals surface area contributed by atoms with E-state index in [1.165, 1.54) is 29.2 Å². The second-order valence-corrected chi connectivity index (χ2v) is 12.1. The lowest BCUT2D eigenvalue weighted by molar-refractivity contribution is -0.140. The molecular weight excluding hydrogens is 553 g/mol. The molecule has 0 radical (unpaired) electrons. The summed E-state index contributed by atoms with van der Waals surface area (Å²) in [4.78, 5) is 28.9. The Morgan fingerprint density at radius 2 is 1.60 bits per heavy atom. The van der Waals surface area contributed by atoms with Crippen LogP contribution >= 0.6 is 11.6 Å². The van der Waals surface area contributed by atoms with Gasteiger partial charge in [-0.15, -0.1) is 0 Å².